The average molecular weight is 294 g/mol. The molecule has 8 nitrogen and oxygen atoms in total. The van der Waals surface area contributed by atoms with Crippen molar-refractivity contribution in [2.24, 2.45) is 5.11 Å². The Bertz CT molecular complexity index is 544. The molecule has 0 spiro atoms. The van der Waals surface area contributed by atoms with Gasteiger partial charge in [0.2, 0.25) is 0 Å². The third-order valence-corrected chi connectivity index (χ3v) is 2.68. The maximum atomic E-state index is 10.4. The number of thiocarbonyl (C=S) groups is 1. The molecule has 104 valence electrons. The van der Waals surface area contributed by atoms with Gasteiger partial charge in [0.15, 0.2) is 0 Å². The van der Waals surface area contributed by atoms with Gasteiger partial charge in [0.05, 0.1) is 5.56 Å². The summed E-state index contributed by atoms with van der Waals surface area (Å²) < 4.78 is 0. The Balaban J connectivity index is 0.000000217. The van der Waals surface area contributed by atoms with Crippen molar-refractivity contribution in [1.29, 1.82) is 0 Å². The molecule has 20 heavy (non-hydrogen) atoms. The number of hydrogen-bond acceptors (Lipinski definition) is 5. The monoisotopic (exact) mass is 294 g/mol. The molecule has 1 amide bonds. The van der Waals surface area contributed by atoms with E-state index in [4.69, 9.17) is 15.8 Å². The van der Waals surface area contributed by atoms with Gasteiger partial charge in [-0.05, 0) is 17.7 Å². The molecule has 2 rings (SSSR count). The van der Waals surface area contributed by atoms with Crippen molar-refractivity contribution in [1.82, 2.24) is 5.06 Å². The molecule has 1 aromatic rings. The average Bonchev–Trinajstić information content (AvgIpc) is 2.72. The van der Waals surface area contributed by atoms with Crippen molar-refractivity contribution >= 4 is 34.8 Å². The summed E-state index contributed by atoms with van der Waals surface area (Å²) in [4.78, 5) is 23.6. The van der Waals surface area contributed by atoms with Crippen LogP contribution < -0.4 is 0 Å². The third kappa shape index (κ3) is 4.32. The van der Waals surface area contributed by atoms with E-state index in [9.17, 15) is 9.59 Å². The van der Waals surface area contributed by atoms with Crippen molar-refractivity contribution in [3.05, 3.63) is 40.3 Å². The van der Waals surface area contributed by atoms with Gasteiger partial charge in [-0.2, -0.15) is 5.06 Å². The zero-order valence-electron chi connectivity index (χ0n) is 10.1. The van der Waals surface area contributed by atoms with Crippen molar-refractivity contribution in [2.75, 3.05) is 0 Å². The molecule has 0 saturated carbocycles. The van der Waals surface area contributed by atoms with Crippen LogP contribution in [-0.4, -0.2) is 32.2 Å². The highest BCUT2D eigenvalue weighted by molar-refractivity contribution is 7.80. The lowest BCUT2D eigenvalue weighted by Crippen LogP contribution is -2.22. The van der Waals surface area contributed by atoms with Crippen LogP contribution in [0.5, 0.6) is 0 Å². The number of benzene rings is 1. The number of amides is 1. The molecule has 0 atom stereocenters. The molecule has 1 saturated heterocycles. The van der Waals surface area contributed by atoms with Crippen LogP contribution in [0.4, 0.5) is 5.69 Å². The molecular weight excluding hydrogens is 284 g/mol. The maximum absolute atomic E-state index is 10.4. The van der Waals surface area contributed by atoms with Gasteiger partial charge in [-0.25, -0.2) is 4.79 Å². The molecule has 9 heteroatoms. The quantitative estimate of drug-likeness (QED) is 0.285. The molecule has 1 fully saturated rings. The first kappa shape index (κ1) is 15.6. The van der Waals surface area contributed by atoms with Gasteiger partial charge in [-0.1, -0.05) is 29.5 Å². The number of carbonyl (C=O) groups excluding carboxylic acids is 1. The summed E-state index contributed by atoms with van der Waals surface area (Å²) >= 11 is 4.57. The van der Waals surface area contributed by atoms with Gasteiger partial charge in [0.25, 0.3) is 5.91 Å². The molecule has 2 N–H and O–H groups in total. The summed E-state index contributed by atoms with van der Waals surface area (Å²) in [7, 11) is 0. The number of hydroxylamine groups is 2. The summed E-state index contributed by atoms with van der Waals surface area (Å²) in [5, 5.41) is 20.9. The minimum atomic E-state index is -0.998. The summed E-state index contributed by atoms with van der Waals surface area (Å²) in [5.74, 6) is -1.29. The molecule has 0 unspecified atom stereocenters. The summed E-state index contributed by atoms with van der Waals surface area (Å²) in [6.07, 6.45) is 0.875. The fraction of sp³-hybridized carbons (Fsp3) is 0.182. The summed E-state index contributed by atoms with van der Waals surface area (Å²) in [5.41, 5.74) is 8.62. The van der Waals surface area contributed by atoms with Crippen LogP contribution in [0.15, 0.2) is 29.4 Å². The van der Waals surface area contributed by atoms with E-state index < -0.39 is 5.97 Å². The van der Waals surface area contributed by atoms with E-state index in [1.807, 2.05) is 0 Å². The third-order valence-electron chi connectivity index (χ3n) is 2.30. The first-order valence-corrected chi connectivity index (χ1v) is 5.79. The normalized spacial score (nSPS) is 13.3. The van der Waals surface area contributed by atoms with Gasteiger partial charge in [0, 0.05) is 23.4 Å². The van der Waals surface area contributed by atoms with E-state index in [0.29, 0.717) is 28.6 Å². The minimum Gasteiger partial charge on any atom is -0.478 e. The van der Waals surface area contributed by atoms with E-state index in [0.717, 1.165) is 0 Å². The number of nitrogens with zero attached hydrogens (tertiary/aromatic N) is 4. The van der Waals surface area contributed by atoms with Crippen LogP contribution in [-0.2, 0) is 4.79 Å². The Morgan fingerprint density at radius 2 is 1.95 bits per heavy atom. The fourth-order valence-corrected chi connectivity index (χ4v) is 1.49. The number of aromatic carboxylic acids is 1. The second-order valence-electron chi connectivity index (χ2n) is 3.64. The predicted molar refractivity (Wildman–Crippen MR) is 72.7 cm³/mol. The van der Waals surface area contributed by atoms with E-state index in [-0.39, 0.29) is 11.5 Å². The highest BCUT2D eigenvalue weighted by Crippen LogP contribution is 2.12. The molecule has 1 aromatic carbocycles. The second kappa shape index (κ2) is 7.19. The van der Waals surface area contributed by atoms with Gasteiger partial charge in [-0.15, -0.1) is 0 Å². The van der Waals surface area contributed by atoms with E-state index >= 15 is 0 Å². The number of hydrogen-bond donors (Lipinski definition) is 2. The smallest absolute Gasteiger partial charge is 0.335 e. The molecule has 0 aromatic heterocycles. The Morgan fingerprint density at radius 3 is 2.25 bits per heavy atom. The van der Waals surface area contributed by atoms with Crippen LogP contribution in [0.25, 0.3) is 10.4 Å². The molecular formula is C11H10N4O4S. The fourth-order valence-electron chi connectivity index (χ4n) is 1.29. The predicted octanol–water partition coefficient (Wildman–Crippen LogP) is 2.65. The molecule has 1 heterocycles. The highest BCUT2D eigenvalue weighted by atomic mass is 32.1. The molecule has 0 bridgehead atoms. The van der Waals surface area contributed by atoms with Gasteiger partial charge < -0.3 is 5.11 Å². The standard InChI is InChI=1S/C7H5N3O2.C4H5NO2S/c8-10-9-6-3-1-5(2-4-6)7(11)12;6-3-1-2-4(8)5(3)7/h1-4H,(H,11,12);7H,1-2H2. The van der Waals surface area contributed by atoms with Crippen molar-refractivity contribution in [3.63, 3.8) is 0 Å². The van der Waals surface area contributed by atoms with Crippen LogP contribution in [0, 0.1) is 0 Å². The zero-order valence-corrected chi connectivity index (χ0v) is 10.9. The topological polar surface area (TPSA) is 127 Å². The lowest BCUT2D eigenvalue weighted by molar-refractivity contribution is -0.145. The second-order valence-corrected chi connectivity index (χ2v) is 4.11. The number of carbonyl (C=O) groups is 2. The highest BCUT2D eigenvalue weighted by Gasteiger charge is 2.23. The van der Waals surface area contributed by atoms with E-state index in [2.05, 4.69) is 22.2 Å². The van der Waals surface area contributed by atoms with Crippen LogP contribution in [0.2, 0.25) is 0 Å². The number of rotatable bonds is 2. The summed E-state index contributed by atoms with van der Waals surface area (Å²) in [6, 6.07) is 5.66. The largest absolute Gasteiger partial charge is 0.478 e. The SMILES string of the molecule is O=C1CCC(=S)N1O.[N-]=[N+]=Nc1ccc(C(=O)O)cc1. The Kier molecular flexibility index (Phi) is 5.60. The van der Waals surface area contributed by atoms with Gasteiger partial charge in [0.1, 0.15) is 4.99 Å². The van der Waals surface area contributed by atoms with Gasteiger partial charge in [-0.3, -0.25) is 10.0 Å². The van der Waals surface area contributed by atoms with E-state index in [1.54, 1.807) is 0 Å². The molecule has 0 aliphatic carbocycles. The minimum absolute atomic E-state index is 0.173. The molecule has 1 aliphatic rings. The van der Waals surface area contributed by atoms with Crippen LogP contribution >= 0.6 is 12.2 Å². The number of carboxylic acid groups (broad SMARTS) is 1. The first-order valence-electron chi connectivity index (χ1n) is 5.39. The maximum Gasteiger partial charge on any atom is 0.335 e. The lowest BCUT2D eigenvalue weighted by atomic mass is 10.2. The number of carboxylic acids is 1. The van der Waals surface area contributed by atoms with E-state index in [1.165, 1.54) is 24.3 Å². The van der Waals surface area contributed by atoms with Crippen molar-refractivity contribution < 1.29 is 19.9 Å². The zero-order chi connectivity index (χ0) is 15.1. The van der Waals surface area contributed by atoms with Gasteiger partial charge >= 0.3 is 5.97 Å². The summed E-state index contributed by atoms with van der Waals surface area (Å²) in [6.45, 7) is 0. The first-order chi connectivity index (χ1) is 9.45. The Morgan fingerprint density at radius 1 is 1.35 bits per heavy atom. The molecule has 0 radical (unpaired) electrons. The van der Waals surface area contributed by atoms with Crippen LogP contribution in [0.1, 0.15) is 23.2 Å². The number of azide groups is 1. The van der Waals surface area contributed by atoms with Crippen molar-refractivity contribution in [3.8, 4) is 0 Å². The van der Waals surface area contributed by atoms with Crippen LogP contribution in [0.3, 0.4) is 0 Å². The Hall–Kier alpha value is -2.48. The Labute approximate surface area is 118 Å². The lowest BCUT2D eigenvalue weighted by Gasteiger charge is -2.01. The molecule has 1 aliphatic heterocycles. The van der Waals surface area contributed by atoms with Crippen molar-refractivity contribution in [2.45, 2.75) is 12.8 Å².